The average molecular weight is 911 g/mol. The number of carbonyl (C=O) groups is 5. The Morgan fingerprint density at radius 2 is 1.24 bits per heavy atom. The molecular weight excluding hydrogens is 861 g/mol. The normalized spacial score (nSPS) is 13.3. The summed E-state index contributed by atoms with van der Waals surface area (Å²) in [6.07, 6.45) is 4.98. The fourth-order valence-electron chi connectivity index (χ4n) is 8.08. The third-order valence-electron chi connectivity index (χ3n) is 11.2. The highest BCUT2D eigenvalue weighted by atomic mass is 16.5. The van der Waals surface area contributed by atoms with E-state index >= 15 is 0 Å². The molecule has 346 valence electrons. The van der Waals surface area contributed by atoms with Crippen LogP contribution in [0.15, 0.2) is 72.8 Å². The predicted molar refractivity (Wildman–Crippen MR) is 248 cm³/mol. The number of carboxylic acid groups (broad SMARTS) is 1. The summed E-state index contributed by atoms with van der Waals surface area (Å²) in [6.45, 7) is 9.14. The second-order valence-corrected chi connectivity index (χ2v) is 15.9. The van der Waals surface area contributed by atoms with Crippen molar-refractivity contribution in [3.05, 3.63) is 118 Å². The molecule has 0 saturated heterocycles. The van der Waals surface area contributed by atoms with Crippen molar-refractivity contribution in [2.24, 2.45) is 5.73 Å². The van der Waals surface area contributed by atoms with Gasteiger partial charge < -0.3 is 34.8 Å². The molecule has 0 bridgehead atoms. The number of primary amides is 1. The quantitative estimate of drug-likeness (QED) is 0.0708. The van der Waals surface area contributed by atoms with Gasteiger partial charge in [-0.1, -0.05) is 30.4 Å². The maximum absolute atomic E-state index is 13.9. The van der Waals surface area contributed by atoms with Gasteiger partial charge in [-0.05, 0) is 88.6 Å². The van der Waals surface area contributed by atoms with E-state index < -0.39 is 29.6 Å². The Hall–Kier alpha value is -8.29. The number of ether oxygens (including phenoxy) is 2. The van der Waals surface area contributed by atoms with Gasteiger partial charge in [0.2, 0.25) is 17.8 Å². The number of imidazole rings is 2. The maximum Gasteiger partial charge on any atom is 0.335 e. The molecule has 1 aliphatic rings. The summed E-state index contributed by atoms with van der Waals surface area (Å²) < 4.78 is 19.5. The smallest absolute Gasteiger partial charge is 0.335 e. The molecular formula is C47H50N12O8. The molecule has 20 heteroatoms. The first-order chi connectivity index (χ1) is 32.3. The van der Waals surface area contributed by atoms with Crippen LogP contribution in [-0.2, 0) is 32.6 Å². The topological polar surface area (TPSA) is 257 Å². The van der Waals surface area contributed by atoms with Crippen molar-refractivity contribution in [2.45, 2.75) is 73.1 Å². The van der Waals surface area contributed by atoms with Crippen molar-refractivity contribution in [1.29, 1.82) is 0 Å². The number of rotatable bonds is 13. The molecule has 3 aromatic carbocycles. The summed E-state index contributed by atoms with van der Waals surface area (Å²) in [7, 11) is 0. The zero-order valence-corrected chi connectivity index (χ0v) is 37.5. The van der Waals surface area contributed by atoms with Gasteiger partial charge in [-0.25, -0.2) is 14.8 Å². The number of aromatic nitrogens is 8. The van der Waals surface area contributed by atoms with Gasteiger partial charge in [-0.3, -0.25) is 39.2 Å². The second-order valence-electron chi connectivity index (χ2n) is 15.9. The molecule has 8 rings (SSSR count). The number of aryl methyl sites for hydroxylation is 5. The highest BCUT2D eigenvalue weighted by Crippen LogP contribution is 2.34. The van der Waals surface area contributed by atoms with Crippen LogP contribution in [0.2, 0.25) is 0 Å². The lowest BCUT2D eigenvalue weighted by Gasteiger charge is -2.14. The minimum absolute atomic E-state index is 0.116. The fourth-order valence-corrected chi connectivity index (χ4v) is 8.08. The number of hydrogen-bond acceptors (Lipinski definition) is 11. The Balaban J connectivity index is 1.15. The van der Waals surface area contributed by atoms with Gasteiger partial charge in [0.25, 0.3) is 17.7 Å². The van der Waals surface area contributed by atoms with Crippen LogP contribution in [-0.4, -0.2) is 93.1 Å². The van der Waals surface area contributed by atoms with E-state index in [-0.39, 0.29) is 61.4 Å². The number of allylic oxidation sites excluding steroid dienone is 2. The molecule has 4 aromatic heterocycles. The zero-order chi connectivity index (χ0) is 47.4. The number of anilines is 2. The van der Waals surface area contributed by atoms with E-state index in [2.05, 4.69) is 26.1 Å². The first-order valence-electron chi connectivity index (χ1n) is 21.9. The number of carboxylic acids is 1. The third kappa shape index (κ3) is 9.58. The Morgan fingerprint density at radius 1 is 0.716 bits per heavy atom. The lowest BCUT2D eigenvalue weighted by atomic mass is 10.0. The molecule has 0 fully saturated rings. The summed E-state index contributed by atoms with van der Waals surface area (Å²) in [5.74, 6) is -1.97. The van der Waals surface area contributed by atoms with Crippen LogP contribution in [0.5, 0.6) is 11.5 Å². The van der Waals surface area contributed by atoms with Crippen molar-refractivity contribution in [1.82, 2.24) is 44.0 Å². The largest absolute Gasteiger partial charge is 0.491 e. The van der Waals surface area contributed by atoms with Gasteiger partial charge in [0.1, 0.15) is 33.9 Å². The molecule has 1 aliphatic heterocycles. The van der Waals surface area contributed by atoms with Crippen molar-refractivity contribution < 1.29 is 38.6 Å². The molecule has 0 spiro atoms. The number of amides is 4. The van der Waals surface area contributed by atoms with E-state index in [0.717, 1.165) is 0 Å². The Kier molecular flexibility index (Phi) is 13.1. The van der Waals surface area contributed by atoms with Crippen molar-refractivity contribution >= 4 is 63.6 Å². The molecule has 7 aromatic rings. The molecule has 4 amide bonds. The number of carbonyl (C=O) groups excluding carboxylic acids is 4. The van der Waals surface area contributed by atoms with E-state index in [4.69, 9.17) is 25.2 Å². The monoisotopic (exact) mass is 910 g/mol. The van der Waals surface area contributed by atoms with E-state index in [0.29, 0.717) is 94.3 Å². The highest BCUT2D eigenvalue weighted by molar-refractivity contribution is 6.05. The van der Waals surface area contributed by atoms with Crippen LogP contribution < -0.4 is 31.2 Å². The molecule has 0 unspecified atom stereocenters. The number of nitrogens with two attached hydrogens (primary N) is 1. The molecule has 0 atom stereocenters. The van der Waals surface area contributed by atoms with Crippen molar-refractivity contribution in [2.75, 3.05) is 30.4 Å². The summed E-state index contributed by atoms with van der Waals surface area (Å²) in [5.41, 5.74) is 10.8. The van der Waals surface area contributed by atoms with Crippen LogP contribution in [0.3, 0.4) is 0 Å². The van der Waals surface area contributed by atoms with Gasteiger partial charge >= 0.3 is 5.97 Å². The molecule has 0 aliphatic carbocycles. The second kappa shape index (κ2) is 19.4. The van der Waals surface area contributed by atoms with Gasteiger partial charge in [0, 0.05) is 50.3 Å². The molecule has 20 nitrogen and oxygen atoms in total. The summed E-state index contributed by atoms with van der Waals surface area (Å²) in [5, 5.41) is 27.3. The number of benzene rings is 3. The maximum atomic E-state index is 13.9. The van der Waals surface area contributed by atoms with Crippen molar-refractivity contribution in [3.8, 4) is 11.5 Å². The Bertz CT molecular complexity index is 3100. The van der Waals surface area contributed by atoms with Crippen LogP contribution >= 0.6 is 0 Å². The van der Waals surface area contributed by atoms with Crippen LogP contribution in [0.1, 0.15) is 95.7 Å². The minimum Gasteiger partial charge on any atom is -0.491 e. The molecule has 0 radical (unpaired) electrons. The van der Waals surface area contributed by atoms with E-state index in [9.17, 15) is 29.1 Å². The Morgan fingerprint density at radius 3 is 1.76 bits per heavy atom. The standard InChI is InChI=1S/C47H50N12O8/c1-5-58-35(21-27(3)54-58)43(62)52-46-50-33-23-30(41(48)60)25-37-39(33)56(46)17-9-10-18-57-40-34(51-47(57)53-44(63)36-22-28(4)55-59(36)6-2)24-31(26-38(40)67-20-12-19-66-37)42(61)49-16-11-14-29-13-7-8-15-32(29)45(64)65/h7-10,13,15,21-26H,5-6,11-12,14,16-20H2,1-4H3,(H2,48,60)(H,49,61)(H,64,65)(H,50,52,62)(H,51,53,63)/b10-9+. The summed E-state index contributed by atoms with van der Waals surface area (Å²) in [4.78, 5) is 75.3. The SMILES string of the molecule is CCn1nc(C)cc1C(=O)Nc1nc2cc(C(N)=O)cc3c2n1C/C=C/Cn1c(NC(=O)c2cc(C)nn2CC)nc2cc(C(=O)NCCCc4ccccc4C(=O)O)cc(c21)OCCCO3. The fraction of sp³-hybridized carbons (Fsp3) is 0.298. The first-order valence-corrected chi connectivity index (χ1v) is 21.9. The third-order valence-corrected chi connectivity index (χ3v) is 11.2. The lowest BCUT2D eigenvalue weighted by Crippen LogP contribution is -2.25. The molecule has 5 heterocycles. The van der Waals surface area contributed by atoms with Crippen LogP contribution in [0.25, 0.3) is 22.1 Å². The lowest BCUT2D eigenvalue weighted by molar-refractivity contribution is 0.0694. The first kappa shape index (κ1) is 45.3. The summed E-state index contributed by atoms with van der Waals surface area (Å²) in [6, 6.07) is 16.5. The van der Waals surface area contributed by atoms with Crippen molar-refractivity contribution in [3.63, 3.8) is 0 Å². The number of aromatic carboxylic acids is 1. The zero-order valence-electron chi connectivity index (χ0n) is 37.5. The highest BCUT2D eigenvalue weighted by Gasteiger charge is 2.25. The number of hydrogen-bond donors (Lipinski definition) is 5. The van der Waals surface area contributed by atoms with E-state index in [1.807, 2.05) is 26.0 Å². The summed E-state index contributed by atoms with van der Waals surface area (Å²) >= 11 is 0. The van der Waals surface area contributed by atoms with Gasteiger partial charge in [0.15, 0.2) is 0 Å². The van der Waals surface area contributed by atoms with Gasteiger partial charge in [0.05, 0.1) is 41.2 Å². The number of nitrogens with one attached hydrogen (secondary N) is 3. The van der Waals surface area contributed by atoms with E-state index in [1.54, 1.807) is 93.0 Å². The van der Waals surface area contributed by atoms with Gasteiger partial charge in [-0.2, -0.15) is 10.2 Å². The minimum atomic E-state index is -1.01. The Labute approximate surface area is 383 Å². The molecule has 6 N–H and O–H groups in total. The van der Waals surface area contributed by atoms with Gasteiger partial charge in [-0.15, -0.1) is 0 Å². The molecule has 67 heavy (non-hydrogen) atoms. The van der Waals surface area contributed by atoms with Crippen LogP contribution in [0, 0.1) is 13.8 Å². The predicted octanol–water partition coefficient (Wildman–Crippen LogP) is 5.52. The molecule has 0 saturated carbocycles. The average Bonchev–Trinajstić information content (AvgIpc) is 4.07. The van der Waals surface area contributed by atoms with E-state index in [1.165, 1.54) is 0 Å². The number of nitrogens with zero attached hydrogens (tertiary/aromatic N) is 8. The van der Waals surface area contributed by atoms with Crippen LogP contribution in [0.4, 0.5) is 11.9 Å².